The summed E-state index contributed by atoms with van der Waals surface area (Å²) >= 11 is 0. The van der Waals surface area contributed by atoms with Gasteiger partial charge in [-0.1, -0.05) is 37.5 Å². The van der Waals surface area contributed by atoms with Gasteiger partial charge in [-0.15, -0.1) is 0 Å². The van der Waals surface area contributed by atoms with Gasteiger partial charge in [0.25, 0.3) is 0 Å². The van der Waals surface area contributed by atoms with Gasteiger partial charge in [0.1, 0.15) is 6.33 Å². The summed E-state index contributed by atoms with van der Waals surface area (Å²) in [4.78, 5) is 19.2. The monoisotopic (exact) mass is 313 g/mol. The highest BCUT2D eigenvalue weighted by Crippen LogP contribution is 2.32. The van der Waals surface area contributed by atoms with E-state index in [2.05, 4.69) is 20.6 Å². The van der Waals surface area contributed by atoms with Gasteiger partial charge in [-0.3, -0.25) is 10.1 Å². The summed E-state index contributed by atoms with van der Waals surface area (Å²) in [6, 6.07) is 9.50. The Morgan fingerprint density at radius 3 is 2.43 bits per heavy atom. The second-order valence-corrected chi connectivity index (χ2v) is 5.65. The molecule has 1 aromatic carbocycles. The van der Waals surface area contributed by atoms with Gasteiger partial charge < -0.3 is 10.6 Å². The van der Waals surface area contributed by atoms with Crippen molar-refractivity contribution >= 4 is 23.0 Å². The SMILES string of the molecule is O=[N+]([O-])c1c(Nc2ccccc2)ncnc1NC1CCCCC1. The van der Waals surface area contributed by atoms with Gasteiger partial charge >= 0.3 is 5.69 Å². The molecular weight excluding hydrogens is 294 g/mol. The fraction of sp³-hybridized carbons (Fsp3) is 0.375. The molecule has 0 amide bonds. The summed E-state index contributed by atoms with van der Waals surface area (Å²) in [5.74, 6) is 0.491. The normalized spacial score (nSPS) is 15.1. The summed E-state index contributed by atoms with van der Waals surface area (Å²) < 4.78 is 0. The minimum absolute atomic E-state index is 0.109. The Kier molecular flexibility index (Phi) is 4.65. The molecule has 1 saturated carbocycles. The molecule has 1 aliphatic carbocycles. The number of anilines is 3. The van der Waals surface area contributed by atoms with E-state index >= 15 is 0 Å². The molecule has 1 fully saturated rings. The first kappa shape index (κ1) is 15.2. The van der Waals surface area contributed by atoms with Gasteiger partial charge in [-0.05, 0) is 25.0 Å². The van der Waals surface area contributed by atoms with E-state index in [1.165, 1.54) is 12.7 Å². The van der Waals surface area contributed by atoms with Crippen LogP contribution in [0.1, 0.15) is 32.1 Å². The Labute approximate surface area is 134 Å². The van der Waals surface area contributed by atoms with E-state index in [0.29, 0.717) is 0 Å². The zero-order valence-electron chi connectivity index (χ0n) is 12.7. The summed E-state index contributed by atoms with van der Waals surface area (Å²) in [5.41, 5.74) is 0.639. The van der Waals surface area contributed by atoms with Gasteiger partial charge in [0.05, 0.1) is 4.92 Å². The zero-order chi connectivity index (χ0) is 16.1. The first-order valence-electron chi connectivity index (χ1n) is 7.82. The maximum atomic E-state index is 11.5. The van der Waals surface area contributed by atoms with E-state index in [-0.39, 0.29) is 23.4 Å². The molecule has 0 spiro atoms. The van der Waals surface area contributed by atoms with Crippen LogP contribution in [0.2, 0.25) is 0 Å². The maximum absolute atomic E-state index is 11.5. The molecule has 0 saturated heterocycles. The minimum Gasteiger partial charge on any atom is -0.361 e. The number of nitrogens with zero attached hydrogens (tertiary/aromatic N) is 3. The summed E-state index contributed by atoms with van der Waals surface area (Å²) in [6.45, 7) is 0. The fourth-order valence-electron chi connectivity index (χ4n) is 2.85. The van der Waals surface area contributed by atoms with Gasteiger partial charge in [0.15, 0.2) is 0 Å². The van der Waals surface area contributed by atoms with Crippen LogP contribution in [-0.4, -0.2) is 20.9 Å². The number of nitrogens with one attached hydrogen (secondary N) is 2. The van der Waals surface area contributed by atoms with E-state index in [4.69, 9.17) is 0 Å². The van der Waals surface area contributed by atoms with E-state index in [1.54, 1.807) is 0 Å². The Morgan fingerprint density at radius 1 is 1.04 bits per heavy atom. The maximum Gasteiger partial charge on any atom is 0.353 e. The average Bonchev–Trinajstić information content (AvgIpc) is 2.56. The molecule has 0 aliphatic heterocycles. The topological polar surface area (TPSA) is 93.0 Å². The quantitative estimate of drug-likeness (QED) is 0.643. The Hall–Kier alpha value is -2.70. The molecule has 1 aromatic heterocycles. The lowest BCUT2D eigenvalue weighted by Crippen LogP contribution is -2.23. The van der Waals surface area contributed by atoms with Crippen molar-refractivity contribution in [2.24, 2.45) is 0 Å². The van der Waals surface area contributed by atoms with Gasteiger partial charge in [-0.25, -0.2) is 9.97 Å². The molecule has 0 bridgehead atoms. The minimum atomic E-state index is -0.434. The lowest BCUT2D eigenvalue weighted by molar-refractivity contribution is -0.383. The van der Waals surface area contributed by atoms with Crippen LogP contribution in [0.3, 0.4) is 0 Å². The smallest absolute Gasteiger partial charge is 0.353 e. The van der Waals surface area contributed by atoms with Crippen LogP contribution in [0, 0.1) is 10.1 Å². The number of nitro groups is 1. The molecule has 23 heavy (non-hydrogen) atoms. The first-order valence-corrected chi connectivity index (χ1v) is 7.82. The summed E-state index contributed by atoms with van der Waals surface area (Å²) in [7, 11) is 0. The van der Waals surface area contributed by atoms with Gasteiger partial charge in [-0.2, -0.15) is 0 Å². The molecule has 3 rings (SSSR count). The summed E-state index contributed by atoms with van der Waals surface area (Å²) in [5, 5.41) is 17.7. The molecule has 1 aliphatic rings. The number of para-hydroxylation sites is 1. The van der Waals surface area contributed by atoms with Crippen molar-refractivity contribution in [1.82, 2.24) is 9.97 Å². The van der Waals surface area contributed by atoms with E-state index in [1.807, 2.05) is 30.3 Å². The third kappa shape index (κ3) is 3.74. The van der Waals surface area contributed by atoms with Crippen molar-refractivity contribution in [2.45, 2.75) is 38.1 Å². The number of hydrogen-bond donors (Lipinski definition) is 2. The highest BCUT2D eigenvalue weighted by atomic mass is 16.6. The van der Waals surface area contributed by atoms with E-state index < -0.39 is 4.92 Å². The van der Waals surface area contributed by atoms with Crippen LogP contribution in [0.4, 0.5) is 23.0 Å². The molecule has 2 N–H and O–H groups in total. The number of aromatic nitrogens is 2. The van der Waals surface area contributed by atoms with E-state index in [0.717, 1.165) is 31.4 Å². The first-order chi connectivity index (χ1) is 11.2. The second kappa shape index (κ2) is 7.04. The molecule has 7 nitrogen and oxygen atoms in total. The molecule has 0 radical (unpaired) electrons. The van der Waals surface area contributed by atoms with Crippen LogP contribution in [0.25, 0.3) is 0 Å². The van der Waals surface area contributed by atoms with Crippen molar-refractivity contribution in [1.29, 1.82) is 0 Å². The van der Waals surface area contributed by atoms with Gasteiger partial charge in [0, 0.05) is 11.7 Å². The fourth-order valence-corrected chi connectivity index (χ4v) is 2.85. The highest BCUT2D eigenvalue weighted by molar-refractivity contribution is 5.73. The third-order valence-corrected chi connectivity index (χ3v) is 3.99. The van der Waals surface area contributed by atoms with Crippen molar-refractivity contribution < 1.29 is 4.92 Å². The zero-order valence-corrected chi connectivity index (χ0v) is 12.7. The predicted molar refractivity (Wildman–Crippen MR) is 88.9 cm³/mol. The van der Waals surface area contributed by atoms with Crippen LogP contribution >= 0.6 is 0 Å². The lowest BCUT2D eigenvalue weighted by atomic mass is 9.95. The molecular formula is C16H19N5O2. The molecule has 120 valence electrons. The number of benzene rings is 1. The number of hydrogen-bond acceptors (Lipinski definition) is 6. The predicted octanol–water partition coefficient (Wildman–Crippen LogP) is 3.87. The number of rotatable bonds is 5. The standard InChI is InChI=1S/C16H19N5O2/c22-21(23)14-15(19-12-7-3-1-4-8-12)17-11-18-16(14)20-13-9-5-2-6-10-13/h1,3-4,7-8,11,13H,2,5-6,9-10H2,(H2,17,18,19,20). The lowest BCUT2D eigenvalue weighted by Gasteiger charge is -2.23. The van der Waals surface area contributed by atoms with Gasteiger partial charge in [0.2, 0.25) is 11.6 Å². The largest absolute Gasteiger partial charge is 0.361 e. The Balaban J connectivity index is 1.87. The molecule has 1 heterocycles. The highest BCUT2D eigenvalue weighted by Gasteiger charge is 2.25. The van der Waals surface area contributed by atoms with Crippen molar-refractivity contribution in [3.8, 4) is 0 Å². The van der Waals surface area contributed by atoms with Crippen molar-refractivity contribution in [3.05, 3.63) is 46.8 Å². The Bertz CT molecular complexity index is 671. The van der Waals surface area contributed by atoms with E-state index in [9.17, 15) is 10.1 Å². The van der Waals surface area contributed by atoms with Crippen LogP contribution in [-0.2, 0) is 0 Å². The third-order valence-electron chi connectivity index (χ3n) is 3.99. The van der Waals surface area contributed by atoms with Crippen molar-refractivity contribution in [3.63, 3.8) is 0 Å². The van der Waals surface area contributed by atoms with Crippen LogP contribution < -0.4 is 10.6 Å². The Morgan fingerprint density at radius 2 is 1.74 bits per heavy atom. The molecule has 2 aromatic rings. The van der Waals surface area contributed by atoms with Crippen molar-refractivity contribution in [2.75, 3.05) is 10.6 Å². The summed E-state index contributed by atoms with van der Waals surface area (Å²) in [6.07, 6.45) is 6.90. The molecule has 0 unspecified atom stereocenters. The average molecular weight is 313 g/mol. The second-order valence-electron chi connectivity index (χ2n) is 5.65. The van der Waals surface area contributed by atoms with Crippen LogP contribution in [0.15, 0.2) is 36.7 Å². The molecule has 0 atom stereocenters. The van der Waals surface area contributed by atoms with Crippen LogP contribution in [0.5, 0.6) is 0 Å². The molecule has 7 heteroatoms.